The summed E-state index contributed by atoms with van der Waals surface area (Å²) in [6, 6.07) is 0. The Hall–Kier alpha value is -0.880. The van der Waals surface area contributed by atoms with Crippen LogP contribution in [-0.2, 0) is 0 Å². The smallest absolute Gasteiger partial charge is 0.185 e. The van der Waals surface area contributed by atoms with Crippen molar-refractivity contribution in [2.45, 2.75) is 6.42 Å². The molecule has 0 aromatic heterocycles. The van der Waals surface area contributed by atoms with Gasteiger partial charge in [-0.2, -0.15) is 0 Å². The summed E-state index contributed by atoms with van der Waals surface area (Å²) < 4.78 is 0. The van der Waals surface area contributed by atoms with Crippen molar-refractivity contribution >= 4 is 36.7 Å². The van der Waals surface area contributed by atoms with E-state index in [0.717, 1.165) is 6.42 Å². The van der Waals surface area contributed by atoms with Crippen LogP contribution < -0.4 is 22.9 Å². The molecular weight excluding hydrogens is 215 g/mol. The van der Waals surface area contributed by atoms with Gasteiger partial charge >= 0.3 is 0 Å². The third-order valence-electron chi connectivity index (χ3n) is 0.905. The summed E-state index contributed by atoms with van der Waals surface area (Å²) >= 11 is 0. The lowest BCUT2D eigenvalue weighted by atomic mass is 10.4. The summed E-state index contributed by atoms with van der Waals surface area (Å²) in [6.07, 6.45) is 0.746. The number of halogens is 2. The summed E-state index contributed by atoms with van der Waals surface area (Å²) in [5.74, 6) is 0.185. The second-order valence-electron chi connectivity index (χ2n) is 1.97. The van der Waals surface area contributed by atoms with E-state index < -0.39 is 0 Å². The first-order valence-corrected chi connectivity index (χ1v) is 3.23. The molecule has 0 fully saturated rings. The van der Waals surface area contributed by atoms with Gasteiger partial charge in [-0.25, -0.2) is 0 Å². The van der Waals surface area contributed by atoms with Gasteiger partial charge < -0.3 is 22.9 Å². The van der Waals surface area contributed by atoms with E-state index >= 15 is 0 Å². The van der Waals surface area contributed by atoms with E-state index in [1.54, 1.807) is 0 Å². The van der Waals surface area contributed by atoms with Crippen molar-refractivity contribution in [3.63, 3.8) is 0 Å². The molecule has 0 aromatic rings. The molecule has 0 spiro atoms. The van der Waals surface area contributed by atoms with Crippen LogP contribution in [-0.4, -0.2) is 25.0 Å². The number of aliphatic imine (C=N–C) groups is 2. The third-order valence-corrected chi connectivity index (χ3v) is 0.905. The Morgan fingerprint density at radius 2 is 1.08 bits per heavy atom. The molecule has 0 radical (unpaired) electrons. The van der Waals surface area contributed by atoms with Crippen molar-refractivity contribution in [3.8, 4) is 0 Å². The van der Waals surface area contributed by atoms with E-state index in [2.05, 4.69) is 9.98 Å². The number of nitrogens with two attached hydrogens (primary N) is 4. The molecule has 80 valence electrons. The first-order valence-electron chi connectivity index (χ1n) is 3.23. The standard InChI is InChI=1S/C5H14N6.2ClH/c6-4(7)10-2-1-3-11-5(8)9;;/h1-3H2,(H4,6,7,10)(H4,8,9,11);2*1H. The van der Waals surface area contributed by atoms with Crippen molar-refractivity contribution < 1.29 is 0 Å². The Morgan fingerprint density at radius 1 is 0.769 bits per heavy atom. The van der Waals surface area contributed by atoms with Crippen LogP contribution in [0.1, 0.15) is 6.42 Å². The molecule has 13 heavy (non-hydrogen) atoms. The van der Waals surface area contributed by atoms with E-state index in [9.17, 15) is 0 Å². The quantitative estimate of drug-likeness (QED) is 0.274. The Morgan fingerprint density at radius 3 is 1.31 bits per heavy atom. The second kappa shape index (κ2) is 11.1. The van der Waals surface area contributed by atoms with E-state index in [1.165, 1.54) is 0 Å². The van der Waals surface area contributed by atoms with Crippen LogP contribution in [0.15, 0.2) is 9.98 Å². The van der Waals surface area contributed by atoms with Gasteiger partial charge in [0.2, 0.25) is 0 Å². The average Bonchev–Trinajstić information content (AvgIpc) is 1.85. The Kier molecular flexibility index (Phi) is 15.4. The molecule has 0 aliphatic rings. The number of rotatable bonds is 4. The van der Waals surface area contributed by atoms with Crippen molar-refractivity contribution in [2.24, 2.45) is 32.9 Å². The molecule has 0 atom stereocenters. The van der Waals surface area contributed by atoms with Gasteiger partial charge in [0.25, 0.3) is 0 Å². The Balaban J connectivity index is -0.000000500. The Bertz CT molecular complexity index is 142. The first-order chi connectivity index (χ1) is 5.13. The maximum absolute atomic E-state index is 5.08. The number of guanidine groups is 2. The summed E-state index contributed by atoms with van der Waals surface area (Å²) in [7, 11) is 0. The fourth-order valence-corrected chi connectivity index (χ4v) is 0.487. The largest absolute Gasteiger partial charge is 0.370 e. The molecule has 0 saturated carbocycles. The maximum Gasteiger partial charge on any atom is 0.185 e. The van der Waals surface area contributed by atoms with Gasteiger partial charge in [0, 0.05) is 13.1 Å². The monoisotopic (exact) mass is 230 g/mol. The molecule has 0 aromatic carbocycles. The lowest BCUT2D eigenvalue weighted by Crippen LogP contribution is -2.24. The molecular formula is C5H16Cl2N6. The Labute approximate surface area is 89.7 Å². The SMILES string of the molecule is Cl.Cl.NC(N)=NCCCN=C(N)N. The van der Waals surface area contributed by atoms with Crippen LogP contribution in [0.25, 0.3) is 0 Å². The van der Waals surface area contributed by atoms with Crippen LogP contribution in [0, 0.1) is 0 Å². The fourth-order valence-electron chi connectivity index (χ4n) is 0.487. The molecule has 8 N–H and O–H groups in total. The van der Waals surface area contributed by atoms with E-state index in [0.29, 0.717) is 13.1 Å². The zero-order valence-electron chi connectivity index (χ0n) is 7.14. The fraction of sp³-hybridized carbons (Fsp3) is 0.600. The highest BCUT2D eigenvalue weighted by molar-refractivity contribution is 5.85. The molecule has 0 saturated heterocycles. The van der Waals surface area contributed by atoms with Gasteiger partial charge in [-0.15, -0.1) is 24.8 Å². The molecule has 0 amide bonds. The summed E-state index contributed by atoms with van der Waals surface area (Å²) in [4.78, 5) is 7.49. The molecule has 0 unspecified atom stereocenters. The lowest BCUT2D eigenvalue weighted by molar-refractivity contribution is 0.841. The highest BCUT2D eigenvalue weighted by Crippen LogP contribution is 1.81. The third kappa shape index (κ3) is 18.2. The predicted molar refractivity (Wildman–Crippen MR) is 60.5 cm³/mol. The van der Waals surface area contributed by atoms with Gasteiger partial charge in [-0.05, 0) is 6.42 Å². The van der Waals surface area contributed by atoms with Crippen molar-refractivity contribution in [1.29, 1.82) is 0 Å². The minimum atomic E-state index is 0. The molecule has 8 heteroatoms. The van der Waals surface area contributed by atoms with Gasteiger partial charge in [-0.1, -0.05) is 0 Å². The molecule has 0 rings (SSSR count). The van der Waals surface area contributed by atoms with Gasteiger partial charge in [0.05, 0.1) is 0 Å². The minimum absolute atomic E-state index is 0. The van der Waals surface area contributed by atoms with Crippen molar-refractivity contribution in [3.05, 3.63) is 0 Å². The highest BCUT2D eigenvalue weighted by atomic mass is 35.5. The maximum atomic E-state index is 5.08. The number of hydrogen-bond donors (Lipinski definition) is 4. The predicted octanol–water partition coefficient (Wildman–Crippen LogP) is -1.23. The average molecular weight is 231 g/mol. The second-order valence-corrected chi connectivity index (χ2v) is 1.97. The van der Waals surface area contributed by atoms with Crippen LogP contribution >= 0.6 is 24.8 Å². The van der Waals surface area contributed by atoms with Gasteiger partial charge in [-0.3, -0.25) is 9.98 Å². The minimum Gasteiger partial charge on any atom is -0.370 e. The molecule has 0 heterocycles. The van der Waals surface area contributed by atoms with E-state index in [4.69, 9.17) is 22.9 Å². The molecule has 0 bridgehead atoms. The van der Waals surface area contributed by atoms with Crippen LogP contribution in [0.2, 0.25) is 0 Å². The summed E-state index contributed by atoms with van der Waals surface area (Å²) in [5.41, 5.74) is 20.3. The van der Waals surface area contributed by atoms with E-state index in [1.807, 2.05) is 0 Å². The zero-order valence-corrected chi connectivity index (χ0v) is 8.77. The van der Waals surface area contributed by atoms with Crippen molar-refractivity contribution in [2.75, 3.05) is 13.1 Å². The summed E-state index contributed by atoms with van der Waals surface area (Å²) in [6.45, 7) is 1.11. The van der Waals surface area contributed by atoms with E-state index in [-0.39, 0.29) is 36.7 Å². The highest BCUT2D eigenvalue weighted by Gasteiger charge is 1.84. The number of nitrogens with zero attached hydrogens (tertiary/aromatic N) is 2. The summed E-state index contributed by atoms with van der Waals surface area (Å²) in [5, 5.41) is 0. The van der Waals surface area contributed by atoms with Crippen LogP contribution in [0.4, 0.5) is 0 Å². The normalized spacial score (nSPS) is 7.38. The molecule has 0 aliphatic heterocycles. The molecule has 6 nitrogen and oxygen atoms in total. The van der Waals surface area contributed by atoms with Crippen LogP contribution in [0.5, 0.6) is 0 Å². The topological polar surface area (TPSA) is 129 Å². The first kappa shape index (κ1) is 18.0. The van der Waals surface area contributed by atoms with Gasteiger partial charge in [0.1, 0.15) is 0 Å². The van der Waals surface area contributed by atoms with Crippen molar-refractivity contribution in [1.82, 2.24) is 0 Å². The molecule has 0 aliphatic carbocycles. The van der Waals surface area contributed by atoms with Gasteiger partial charge in [0.15, 0.2) is 11.9 Å². The zero-order chi connectivity index (χ0) is 8.69. The lowest BCUT2D eigenvalue weighted by Gasteiger charge is -1.93. The number of hydrogen-bond acceptors (Lipinski definition) is 2. The van der Waals surface area contributed by atoms with Crippen LogP contribution in [0.3, 0.4) is 0 Å².